The lowest BCUT2D eigenvalue weighted by Crippen LogP contribution is -2.46. The van der Waals surface area contributed by atoms with Crippen molar-refractivity contribution in [2.45, 2.75) is 83.1 Å². The Morgan fingerprint density at radius 3 is 2.62 bits per heavy atom. The van der Waals surface area contributed by atoms with Gasteiger partial charge < -0.3 is 33.2 Å². The van der Waals surface area contributed by atoms with Gasteiger partial charge in [0.25, 0.3) is 0 Å². The molecule has 1 aromatic carbocycles. The molecule has 2 aliphatic heterocycles. The molecule has 0 saturated carbocycles. The van der Waals surface area contributed by atoms with Gasteiger partial charge in [-0.3, -0.25) is 0 Å². The fraction of sp³-hybridized carbons (Fsp3) is 0.654. The SMILES string of the molecule is CCOC(=O)/C=C/[C@@H](OC1CCCCO1)[C@H]1OC(C)(C)O[C@@H]1[C@H](COCc1ccccc1)OC. The summed E-state index contributed by atoms with van der Waals surface area (Å²) in [6.07, 6.45) is 3.40. The summed E-state index contributed by atoms with van der Waals surface area (Å²) in [6.45, 7) is 7.16. The Bertz CT molecular complexity index is 759. The van der Waals surface area contributed by atoms with Crippen LogP contribution in [0.25, 0.3) is 0 Å². The standard InChI is InChI=1S/C26H38O8/c1-5-30-22(27)15-14-20(32-23-13-9-10-16-31-23)24-25(34-26(2,3)33-24)21(28-4)18-29-17-19-11-7-6-8-12-19/h6-8,11-12,14-15,20-21,23-25H,5,9-10,13,16-18H2,1-4H3/b15-14+/t20-,21+,23?,24-,25-/m1/s1. The van der Waals surface area contributed by atoms with Crippen molar-refractivity contribution in [1.82, 2.24) is 0 Å². The predicted molar refractivity (Wildman–Crippen MR) is 125 cm³/mol. The molecule has 8 nitrogen and oxygen atoms in total. The maximum absolute atomic E-state index is 12.0. The molecule has 34 heavy (non-hydrogen) atoms. The molecule has 0 aromatic heterocycles. The van der Waals surface area contributed by atoms with E-state index in [0.29, 0.717) is 26.4 Å². The molecule has 0 bridgehead atoms. The van der Waals surface area contributed by atoms with Crippen LogP contribution in [0.1, 0.15) is 45.6 Å². The van der Waals surface area contributed by atoms with Crippen LogP contribution in [-0.4, -0.2) is 69.4 Å². The molecule has 0 aliphatic carbocycles. The van der Waals surface area contributed by atoms with Crippen molar-refractivity contribution in [2.75, 3.05) is 26.9 Å². The first-order valence-electron chi connectivity index (χ1n) is 12.0. The third-order valence-electron chi connectivity index (χ3n) is 5.71. The van der Waals surface area contributed by atoms with E-state index in [4.69, 9.17) is 33.2 Å². The highest BCUT2D eigenvalue weighted by Crippen LogP contribution is 2.35. The number of ether oxygens (including phenoxy) is 7. The summed E-state index contributed by atoms with van der Waals surface area (Å²) in [4.78, 5) is 12.0. The summed E-state index contributed by atoms with van der Waals surface area (Å²) in [5, 5.41) is 0. The molecule has 190 valence electrons. The van der Waals surface area contributed by atoms with Gasteiger partial charge >= 0.3 is 5.97 Å². The maximum atomic E-state index is 12.0. The molecule has 5 atom stereocenters. The minimum absolute atomic E-state index is 0.295. The first-order chi connectivity index (χ1) is 16.4. The average Bonchev–Trinajstić information content (AvgIpc) is 3.16. The molecule has 1 unspecified atom stereocenters. The van der Waals surface area contributed by atoms with E-state index < -0.39 is 36.2 Å². The Kier molecular flexibility index (Phi) is 10.5. The van der Waals surface area contributed by atoms with Crippen molar-refractivity contribution >= 4 is 5.97 Å². The van der Waals surface area contributed by atoms with Crippen LogP contribution in [0.3, 0.4) is 0 Å². The summed E-state index contributed by atoms with van der Waals surface area (Å²) in [6, 6.07) is 9.94. The number of benzene rings is 1. The zero-order valence-corrected chi connectivity index (χ0v) is 20.6. The molecule has 0 spiro atoms. The number of carbonyl (C=O) groups is 1. The lowest BCUT2D eigenvalue weighted by Gasteiger charge is -2.32. The average molecular weight is 479 g/mol. The van der Waals surface area contributed by atoms with Gasteiger partial charge in [-0.25, -0.2) is 4.79 Å². The van der Waals surface area contributed by atoms with Crippen LogP contribution in [0.5, 0.6) is 0 Å². The topological polar surface area (TPSA) is 81.7 Å². The van der Waals surface area contributed by atoms with Gasteiger partial charge in [0.2, 0.25) is 0 Å². The summed E-state index contributed by atoms with van der Waals surface area (Å²) in [5.74, 6) is -1.30. The highest BCUT2D eigenvalue weighted by Gasteiger charge is 2.49. The Morgan fingerprint density at radius 2 is 1.94 bits per heavy atom. The number of rotatable bonds is 12. The number of hydrogen-bond donors (Lipinski definition) is 0. The van der Waals surface area contributed by atoms with Crippen LogP contribution >= 0.6 is 0 Å². The second-order valence-electron chi connectivity index (χ2n) is 8.85. The van der Waals surface area contributed by atoms with Crippen molar-refractivity contribution in [3.63, 3.8) is 0 Å². The third-order valence-corrected chi connectivity index (χ3v) is 5.71. The molecule has 2 fully saturated rings. The van der Waals surface area contributed by atoms with Crippen LogP contribution in [0.4, 0.5) is 0 Å². The van der Waals surface area contributed by atoms with Crippen LogP contribution < -0.4 is 0 Å². The quantitative estimate of drug-likeness (QED) is 0.332. The second kappa shape index (κ2) is 13.3. The van der Waals surface area contributed by atoms with E-state index in [9.17, 15) is 4.79 Å². The Balaban J connectivity index is 1.73. The largest absolute Gasteiger partial charge is 0.463 e. The third kappa shape index (κ3) is 8.15. The second-order valence-corrected chi connectivity index (χ2v) is 8.85. The van der Waals surface area contributed by atoms with Crippen LogP contribution in [0.2, 0.25) is 0 Å². The highest BCUT2D eigenvalue weighted by molar-refractivity contribution is 5.81. The molecule has 2 aliphatic rings. The minimum Gasteiger partial charge on any atom is -0.463 e. The van der Waals surface area contributed by atoms with E-state index in [0.717, 1.165) is 24.8 Å². The fourth-order valence-electron chi connectivity index (χ4n) is 4.11. The van der Waals surface area contributed by atoms with Gasteiger partial charge in [-0.05, 0) is 51.7 Å². The lowest BCUT2D eigenvalue weighted by molar-refractivity contribution is -0.208. The van der Waals surface area contributed by atoms with Crippen molar-refractivity contribution in [3.8, 4) is 0 Å². The van der Waals surface area contributed by atoms with Gasteiger partial charge in [-0.2, -0.15) is 0 Å². The van der Waals surface area contributed by atoms with Gasteiger partial charge in [0, 0.05) is 19.8 Å². The molecule has 0 amide bonds. The number of hydrogen-bond acceptors (Lipinski definition) is 8. The Morgan fingerprint density at radius 1 is 1.18 bits per heavy atom. The molecule has 8 heteroatoms. The molecule has 0 radical (unpaired) electrons. The molecule has 3 rings (SSSR count). The van der Waals surface area contributed by atoms with Crippen LogP contribution in [0.15, 0.2) is 42.5 Å². The first-order valence-corrected chi connectivity index (χ1v) is 12.0. The van der Waals surface area contributed by atoms with E-state index in [1.54, 1.807) is 20.1 Å². The van der Waals surface area contributed by atoms with E-state index in [2.05, 4.69) is 0 Å². The normalized spacial score (nSPS) is 26.4. The molecule has 2 saturated heterocycles. The summed E-state index contributed by atoms with van der Waals surface area (Å²) in [7, 11) is 1.62. The number of methoxy groups -OCH3 is 1. The van der Waals surface area contributed by atoms with E-state index >= 15 is 0 Å². The van der Waals surface area contributed by atoms with Crippen molar-refractivity contribution < 1.29 is 38.0 Å². The number of carbonyl (C=O) groups excluding carboxylic acids is 1. The summed E-state index contributed by atoms with van der Waals surface area (Å²) >= 11 is 0. The Labute approximate surface area is 202 Å². The van der Waals surface area contributed by atoms with Crippen molar-refractivity contribution in [3.05, 3.63) is 48.0 Å². The van der Waals surface area contributed by atoms with E-state index in [-0.39, 0.29) is 6.29 Å². The van der Waals surface area contributed by atoms with E-state index in [1.165, 1.54) is 6.08 Å². The molecule has 0 N–H and O–H groups in total. The van der Waals surface area contributed by atoms with Gasteiger partial charge in [0.15, 0.2) is 12.1 Å². The summed E-state index contributed by atoms with van der Waals surface area (Å²) < 4.78 is 41.3. The van der Waals surface area contributed by atoms with Crippen LogP contribution in [0, 0.1) is 0 Å². The van der Waals surface area contributed by atoms with Crippen LogP contribution in [-0.2, 0) is 44.6 Å². The smallest absolute Gasteiger partial charge is 0.330 e. The number of esters is 1. The summed E-state index contributed by atoms with van der Waals surface area (Å²) in [5.41, 5.74) is 1.07. The monoisotopic (exact) mass is 478 g/mol. The minimum atomic E-state index is -0.863. The van der Waals surface area contributed by atoms with Gasteiger partial charge in [-0.15, -0.1) is 0 Å². The first kappa shape index (κ1) is 26.8. The lowest BCUT2D eigenvalue weighted by atomic mass is 10.0. The predicted octanol–water partition coefficient (Wildman–Crippen LogP) is 3.77. The molecular weight excluding hydrogens is 440 g/mol. The Hall–Kier alpha value is -1.81. The maximum Gasteiger partial charge on any atom is 0.330 e. The van der Waals surface area contributed by atoms with Gasteiger partial charge in [0.1, 0.15) is 24.4 Å². The van der Waals surface area contributed by atoms with E-state index in [1.807, 2.05) is 44.2 Å². The highest BCUT2D eigenvalue weighted by atomic mass is 16.8. The van der Waals surface area contributed by atoms with Gasteiger partial charge in [-0.1, -0.05) is 30.3 Å². The van der Waals surface area contributed by atoms with Crippen molar-refractivity contribution in [2.24, 2.45) is 0 Å². The molecule has 1 aromatic rings. The molecule has 2 heterocycles. The zero-order chi connectivity index (χ0) is 24.4. The zero-order valence-electron chi connectivity index (χ0n) is 20.6. The van der Waals surface area contributed by atoms with Crippen molar-refractivity contribution in [1.29, 1.82) is 0 Å². The fourth-order valence-corrected chi connectivity index (χ4v) is 4.11. The molecular formula is C26H38O8. The van der Waals surface area contributed by atoms with Gasteiger partial charge in [0.05, 0.1) is 19.8 Å².